The molecule has 56 heavy (non-hydrogen) atoms. The second-order valence-electron chi connectivity index (χ2n) is 14.3. The van der Waals surface area contributed by atoms with Crippen molar-refractivity contribution in [3.8, 4) is 28.5 Å². The molecule has 3 aromatic carbocycles. The maximum Gasteiger partial charge on any atom is 0.408 e. The second kappa shape index (κ2) is 17.6. The summed E-state index contributed by atoms with van der Waals surface area (Å²) in [5, 5.41) is 16.2. The van der Waals surface area contributed by atoms with E-state index < -0.39 is 48.1 Å². The number of carboxylic acids is 1. The van der Waals surface area contributed by atoms with Gasteiger partial charge in [0.25, 0.3) is 0 Å². The smallest absolute Gasteiger partial charge is 0.408 e. The first-order valence-electron chi connectivity index (χ1n) is 19.1. The number of alkyl carbamates (subject to hydrolysis) is 1. The highest BCUT2D eigenvalue weighted by molar-refractivity contribution is 5.94. The van der Waals surface area contributed by atoms with Crippen molar-refractivity contribution in [2.75, 3.05) is 20.3 Å². The predicted molar refractivity (Wildman–Crippen MR) is 208 cm³/mol. The monoisotopic (exact) mass is 762 g/mol. The number of nitrogens with one attached hydrogen (secondary N) is 2. The summed E-state index contributed by atoms with van der Waals surface area (Å²) in [6, 6.07) is 20.7. The fourth-order valence-electron chi connectivity index (χ4n) is 7.53. The molecule has 2 fully saturated rings. The minimum Gasteiger partial charge on any atom is -0.497 e. The average molecular weight is 763 g/mol. The van der Waals surface area contributed by atoms with Crippen LogP contribution in [0.3, 0.4) is 0 Å². The molecular formula is C43H46N4O9. The zero-order chi connectivity index (χ0) is 39.0. The van der Waals surface area contributed by atoms with E-state index in [1.54, 1.807) is 19.3 Å². The standard InChI is InChI=1S/C43H46N4O9/c1-53-30-18-19-33-36(23-30)44-35(28-12-4-2-5-13-28)25-39(33)55-32-24-38-40(48)45-34(42(50)51)17-6-3-9-20-54-31-16-10-11-27(21-31)22-37(41(49)47(38)26-32)46-43(52)56-29-14-7-8-15-29/h2-6,10-13,16,18-19,21,23,25,29,32,34,37-38H,7-9,14-15,17,20,22,24,26H2,1H3,(H,45,48)(H,46,52)(H,50,51)/b6-3-/t32-,34-,37-,38+/m1/s1. The van der Waals surface area contributed by atoms with Crippen LogP contribution < -0.4 is 24.8 Å². The van der Waals surface area contributed by atoms with Crippen molar-refractivity contribution in [2.45, 2.75) is 81.7 Å². The van der Waals surface area contributed by atoms with E-state index in [0.29, 0.717) is 46.9 Å². The number of hydrogen-bond acceptors (Lipinski definition) is 9. The van der Waals surface area contributed by atoms with Crippen molar-refractivity contribution in [1.29, 1.82) is 0 Å². The lowest BCUT2D eigenvalue weighted by atomic mass is 10.0. The third-order valence-corrected chi connectivity index (χ3v) is 10.4. The summed E-state index contributed by atoms with van der Waals surface area (Å²) in [6.45, 7) is 0.316. The van der Waals surface area contributed by atoms with Gasteiger partial charge in [0.15, 0.2) is 0 Å². The van der Waals surface area contributed by atoms with Crippen LogP contribution in [0.2, 0.25) is 0 Å². The van der Waals surface area contributed by atoms with Gasteiger partial charge in [0, 0.05) is 35.9 Å². The largest absolute Gasteiger partial charge is 0.497 e. The number of nitrogens with zero attached hydrogens (tertiary/aromatic N) is 2. The van der Waals surface area contributed by atoms with E-state index in [4.69, 9.17) is 23.9 Å². The molecule has 2 bridgehead atoms. The number of carbonyl (C=O) groups excluding carboxylic acids is 3. The molecule has 4 aromatic rings. The van der Waals surface area contributed by atoms with Gasteiger partial charge in [-0.15, -0.1) is 0 Å². The van der Waals surface area contributed by atoms with Crippen LogP contribution in [-0.4, -0.2) is 89.5 Å². The van der Waals surface area contributed by atoms with Crippen LogP contribution in [0.4, 0.5) is 4.79 Å². The number of pyridine rings is 1. The topological polar surface area (TPSA) is 166 Å². The van der Waals surface area contributed by atoms with Crippen LogP contribution in [0.1, 0.15) is 50.5 Å². The van der Waals surface area contributed by atoms with Gasteiger partial charge in [0.05, 0.1) is 31.5 Å². The fraction of sp³-hybridized carbons (Fsp3) is 0.372. The first kappa shape index (κ1) is 38.2. The molecule has 7 rings (SSSR count). The third kappa shape index (κ3) is 9.22. The van der Waals surface area contributed by atoms with Gasteiger partial charge in [-0.25, -0.2) is 14.6 Å². The zero-order valence-electron chi connectivity index (χ0n) is 31.2. The molecule has 0 unspecified atom stereocenters. The van der Waals surface area contributed by atoms with Crippen molar-refractivity contribution in [2.24, 2.45) is 0 Å². The quantitative estimate of drug-likeness (QED) is 0.195. The Morgan fingerprint density at radius 2 is 1.79 bits per heavy atom. The van der Waals surface area contributed by atoms with E-state index in [9.17, 15) is 24.3 Å². The highest BCUT2D eigenvalue weighted by Gasteiger charge is 2.44. The van der Waals surface area contributed by atoms with Gasteiger partial charge >= 0.3 is 12.1 Å². The van der Waals surface area contributed by atoms with Crippen molar-refractivity contribution in [3.05, 3.63) is 96.6 Å². The van der Waals surface area contributed by atoms with Crippen LogP contribution in [0.25, 0.3) is 22.2 Å². The third-order valence-electron chi connectivity index (χ3n) is 10.4. The van der Waals surface area contributed by atoms with Crippen molar-refractivity contribution < 1.29 is 43.2 Å². The van der Waals surface area contributed by atoms with E-state index in [2.05, 4.69) is 10.6 Å². The summed E-state index contributed by atoms with van der Waals surface area (Å²) in [5.74, 6) is -0.683. The first-order chi connectivity index (χ1) is 27.2. The van der Waals surface area contributed by atoms with E-state index in [1.165, 1.54) is 4.90 Å². The summed E-state index contributed by atoms with van der Waals surface area (Å²) < 4.78 is 23.8. The number of methoxy groups -OCH3 is 1. The lowest BCUT2D eigenvalue weighted by Crippen LogP contribution is -2.56. The molecule has 0 radical (unpaired) electrons. The summed E-state index contributed by atoms with van der Waals surface area (Å²) in [6.07, 6.45) is 5.97. The predicted octanol–water partition coefficient (Wildman–Crippen LogP) is 5.84. The SMILES string of the molecule is COc1ccc2c(O[C@@H]3C[C@H]4C(=O)N[C@@H](C(=O)O)C/C=C\CCOc5cccc(c5)C[C@@H](NC(=O)OC5CCCC5)C(=O)N4C3)cc(-c3ccccc3)nc2c1. The Balaban J connectivity index is 1.24. The number of carbonyl (C=O) groups is 4. The molecule has 1 saturated carbocycles. The molecule has 3 amide bonds. The van der Waals surface area contributed by atoms with Gasteiger partial charge in [-0.05, 0) is 68.4 Å². The number of amides is 3. The van der Waals surface area contributed by atoms with Gasteiger partial charge in [0.2, 0.25) is 11.8 Å². The first-order valence-corrected chi connectivity index (χ1v) is 19.1. The molecule has 1 saturated heterocycles. The van der Waals surface area contributed by atoms with E-state index >= 15 is 0 Å². The highest BCUT2D eigenvalue weighted by atomic mass is 16.6. The number of aromatic nitrogens is 1. The molecule has 13 heteroatoms. The van der Waals surface area contributed by atoms with Crippen molar-refractivity contribution in [3.63, 3.8) is 0 Å². The van der Waals surface area contributed by atoms with Crippen LogP contribution >= 0.6 is 0 Å². The van der Waals surface area contributed by atoms with Gasteiger partial charge in [-0.1, -0.05) is 54.6 Å². The maximum absolute atomic E-state index is 14.8. The Morgan fingerprint density at radius 1 is 0.964 bits per heavy atom. The summed E-state index contributed by atoms with van der Waals surface area (Å²) in [5.41, 5.74) is 2.88. The average Bonchev–Trinajstić information content (AvgIpc) is 3.88. The molecule has 292 valence electrons. The van der Waals surface area contributed by atoms with E-state index in [-0.39, 0.29) is 31.9 Å². The molecule has 3 N–H and O–H groups in total. The Morgan fingerprint density at radius 3 is 2.57 bits per heavy atom. The van der Waals surface area contributed by atoms with Crippen molar-refractivity contribution in [1.82, 2.24) is 20.5 Å². The lowest BCUT2D eigenvalue weighted by molar-refractivity contribution is -0.144. The highest BCUT2D eigenvalue weighted by Crippen LogP contribution is 2.35. The second-order valence-corrected chi connectivity index (χ2v) is 14.3. The van der Waals surface area contributed by atoms with Gasteiger partial charge in [-0.2, -0.15) is 0 Å². The number of benzene rings is 3. The Bertz CT molecular complexity index is 2080. The maximum atomic E-state index is 14.8. The number of aliphatic carboxylic acids is 1. The molecule has 1 aliphatic carbocycles. The molecule has 3 heterocycles. The van der Waals surface area contributed by atoms with E-state index in [1.807, 2.05) is 78.9 Å². The van der Waals surface area contributed by atoms with Gasteiger partial charge in [-0.3, -0.25) is 9.59 Å². The summed E-state index contributed by atoms with van der Waals surface area (Å²) in [4.78, 5) is 60.8. The minimum absolute atomic E-state index is 0.0196. The Kier molecular flexibility index (Phi) is 12.0. The molecule has 13 nitrogen and oxygen atoms in total. The van der Waals surface area contributed by atoms with Crippen LogP contribution in [0.5, 0.6) is 17.2 Å². The van der Waals surface area contributed by atoms with Crippen molar-refractivity contribution >= 4 is 34.8 Å². The number of ether oxygens (including phenoxy) is 4. The fourth-order valence-corrected chi connectivity index (χ4v) is 7.53. The summed E-state index contributed by atoms with van der Waals surface area (Å²) >= 11 is 0. The number of hydrogen-bond donors (Lipinski definition) is 3. The minimum atomic E-state index is -1.25. The molecule has 4 atom stereocenters. The number of carboxylic acid groups (broad SMARTS) is 1. The zero-order valence-corrected chi connectivity index (χ0v) is 31.2. The molecule has 3 aliphatic rings. The Labute approximate surface area is 325 Å². The molecular weight excluding hydrogens is 716 g/mol. The molecule has 1 aromatic heterocycles. The van der Waals surface area contributed by atoms with Gasteiger partial charge in [0.1, 0.15) is 47.6 Å². The Hall–Kier alpha value is -6.11. The molecule has 2 aliphatic heterocycles. The van der Waals surface area contributed by atoms with Gasteiger partial charge < -0.3 is 39.6 Å². The van der Waals surface area contributed by atoms with Crippen LogP contribution in [-0.2, 0) is 25.5 Å². The normalized spacial score (nSPS) is 22.6. The molecule has 0 spiro atoms. The van der Waals surface area contributed by atoms with Crippen LogP contribution in [0.15, 0.2) is 91.0 Å². The van der Waals surface area contributed by atoms with E-state index in [0.717, 1.165) is 36.8 Å². The summed E-state index contributed by atoms with van der Waals surface area (Å²) in [7, 11) is 1.58. The number of fused-ring (bicyclic) bond motifs is 4. The van der Waals surface area contributed by atoms with Crippen LogP contribution in [0, 0.1) is 0 Å². The number of rotatable bonds is 7. The lowest BCUT2D eigenvalue weighted by Gasteiger charge is -2.29.